The summed E-state index contributed by atoms with van der Waals surface area (Å²) in [5.74, 6) is 0.0801. The lowest BCUT2D eigenvalue weighted by atomic mass is 10.1. The van der Waals surface area contributed by atoms with E-state index in [9.17, 15) is 4.39 Å². The monoisotopic (exact) mass is 283 g/mol. The Morgan fingerprint density at radius 3 is 2.81 bits per heavy atom. The molecular weight excluding hydrogens is 269 g/mol. The van der Waals surface area contributed by atoms with Gasteiger partial charge in [0, 0.05) is 28.2 Å². The van der Waals surface area contributed by atoms with Gasteiger partial charge in [0.1, 0.15) is 5.82 Å². The molecule has 2 N–H and O–H groups in total. The maximum absolute atomic E-state index is 14.3. The average Bonchev–Trinajstić information content (AvgIpc) is 2.48. The van der Waals surface area contributed by atoms with Gasteiger partial charge in [-0.1, -0.05) is 6.07 Å². The van der Waals surface area contributed by atoms with Crippen molar-refractivity contribution in [1.82, 2.24) is 9.97 Å². The van der Waals surface area contributed by atoms with Gasteiger partial charge in [0.05, 0.1) is 12.8 Å². The normalized spacial score (nSPS) is 10.8. The number of rotatable bonds is 2. The minimum Gasteiger partial charge on any atom is -0.494 e. The highest BCUT2D eigenvalue weighted by Crippen LogP contribution is 2.31. The van der Waals surface area contributed by atoms with Crippen molar-refractivity contribution in [3.63, 3.8) is 0 Å². The number of hydrogen-bond acceptors (Lipinski definition) is 4. The lowest BCUT2D eigenvalue weighted by Gasteiger charge is -2.09. The number of fused-ring (bicyclic) bond motifs is 1. The Bertz CT molecular complexity index is 833. The first-order valence-corrected chi connectivity index (χ1v) is 6.46. The van der Waals surface area contributed by atoms with Crippen molar-refractivity contribution in [2.75, 3.05) is 12.8 Å². The molecule has 4 nitrogen and oxygen atoms in total. The van der Waals surface area contributed by atoms with Crippen LogP contribution in [0.5, 0.6) is 5.75 Å². The number of halogens is 1. The van der Waals surface area contributed by atoms with Crippen molar-refractivity contribution in [1.29, 1.82) is 0 Å². The summed E-state index contributed by atoms with van der Waals surface area (Å²) in [4.78, 5) is 8.54. The van der Waals surface area contributed by atoms with Crippen LogP contribution in [0.2, 0.25) is 0 Å². The third-order valence-electron chi connectivity index (χ3n) is 3.34. The third-order valence-corrected chi connectivity index (χ3v) is 3.34. The van der Waals surface area contributed by atoms with Crippen LogP contribution in [-0.4, -0.2) is 17.1 Å². The maximum Gasteiger partial charge on any atom is 0.174 e. The molecule has 1 aromatic carbocycles. The van der Waals surface area contributed by atoms with E-state index in [-0.39, 0.29) is 5.75 Å². The van der Waals surface area contributed by atoms with Gasteiger partial charge in [-0.15, -0.1) is 0 Å². The van der Waals surface area contributed by atoms with Crippen LogP contribution in [0.4, 0.5) is 10.2 Å². The topological polar surface area (TPSA) is 61.0 Å². The number of aryl methyl sites for hydroxylation is 1. The highest BCUT2D eigenvalue weighted by Gasteiger charge is 2.13. The highest BCUT2D eigenvalue weighted by molar-refractivity contribution is 5.93. The van der Waals surface area contributed by atoms with Gasteiger partial charge in [0.2, 0.25) is 0 Å². The van der Waals surface area contributed by atoms with Gasteiger partial charge in [-0.3, -0.25) is 4.98 Å². The fourth-order valence-electron chi connectivity index (χ4n) is 2.28. The lowest BCUT2D eigenvalue weighted by Crippen LogP contribution is -1.98. The molecule has 0 saturated carbocycles. The summed E-state index contributed by atoms with van der Waals surface area (Å²) in [6.07, 6.45) is 1.71. The first-order chi connectivity index (χ1) is 10.1. The van der Waals surface area contributed by atoms with Gasteiger partial charge < -0.3 is 10.5 Å². The van der Waals surface area contributed by atoms with Crippen LogP contribution < -0.4 is 10.5 Å². The summed E-state index contributed by atoms with van der Waals surface area (Å²) in [6, 6.07) is 8.56. The Morgan fingerprint density at radius 2 is 2.05 bits per heavy atom. The Balaban J connectivity index is 2.24. The SMILES string of the molecule is COc1cccc(-c2cc3cnc(C)cc3c(N)n2)c1F. The summed E-state index contributed by atoms with van der Waals surface area (Å²) in [6.45, 7) is 1.88. The third kappa shape index (κ3) is 2.27. The number of nitrogens with zero attached hydrogens (tertiary/aromatic N) is 2. The largest absolute Gasteiger partial charge is 0.494 e. The first-order valence-electron chi connectivity index (χ1n) is 6.46. The summed E-state index contributed by atoms with van der Waals surface area (Å²) in [7, 11) is 1.43. The number of aromatic nitrogens is 2. The summed E-state index contributed by atoms with van der Waals surface area (Å²) in [5.41, 5.74) is 7.66. The Morgan fingerprint density at radius 1 is 1.24 bits per heavy atom. The average molecular weight is 283 g/mol. The Labute approximate surface area is 121 Å². The van der Waals surface area contributed by atoms with Crippen LogP contribution in [0.15, 0.2) is 36.5 Å². The molecule has 3 aromatic rings. The van der Waals surface area contributed by atoms with Crippen molar-refractivity contribution < 1.29 is 9.13 Å². The molecule has 0 fully saturated rings. The minimum absolute atomic E-state index is 0.176. The highest BCUT2D eigenvalue weighted by atomic mass is 19.1. The van der Waals surface area contributed by atoms with Crippen molar-refractivity contribution in [3.8, 4) is 17.0 Å². The molecule has 0 unspecified atom stereocenters. The second-order valence-corrected chi connectivity index (χ2v) is 4.76. The standard InChI is InChI=1S/C16H14FN3O/c1-9-6-12-10(8-19-9)7-13(20-16(12)18)11-4-3-5-14(21-2)15(11)17/h3-8H,1-2H3,(H2,18,20). The van der Waals surface area contributed by atoms with E-state index in [1.165, 1.54) is 7.11 Å². The second-order valence-electron chi connectivity index (χ2n) is 4.76. The lowest BCUT2D eigenvalue weighted by molar-refractivity contribution is 0.387. The zero-order valence-electron chi connectivity index (χ0n) is 11.7. The van der Waals surface area contributed by atoms with Crippen molar-refractivity contribution >= 4 is 16.6 Å². The van der Waals surface area contributed by atoms with Crippen molar-refractivity contribution in [2.45, 2.75) is 6.92 Å². The molecule has 0 saturated heterocycles. The zero-order valence-corrected chi connectivity index (χ0v) is 11.7. The molecule has 0 radical (unpaired) electrons. The molecule has 2 aromatic heterocycles. The number of nitrogens with two attached hydrogens (primary N) is 1. The Hall–Kier alpha value is -2.69. The van der Waals surface area contributed by atoms with E-state index in [0.717, 1.165) is 16.5 Å². The van der Waals surface area contributed by atoms with Crippen LogP contribution in [0.1, 0.15) is 5.69 Å². The van der Waals surface area contributed by atoms with Crippen LogP contribution in [0.25, 0.3) is 22.0 Å². The van der Waals surface area contributed by atoms with Gasteiger partial charge in [-0.25, -0.2) is 9.37 Å². The predicted molar refractivity (Wildman–Crippen MR) is 80.6 cm³/mol. The molecule has 0 amide bonds. The maximum atomic E-state index is 14.3. The second kappa shape index (κ2) is 5.01. The molecule has 0 aliphatic carbocycles. The molecule has 0 bridgehead atoms. The molecule has 21 heavy (non-hydrogen) atoms. The summed E-state index contributed by atoms with van der Waals surface area (Å²) in [5, 5.41) is 1.64. The predicted octanol–water partition coefficient (Wildman–Crippen LogP) is 3.34. The number of pyridine rings is 2. The fraction of sp³-hybridized carbons (Fsp3) is 0.125. The van der Waals surface area contributed by atoms with Crippen molar-refractivity contribution in [2.24, 2.45) is 0 Å². The number of methoxy groups -OCH3 is 1. The quantitative estimate of drug-likeness (QED) is 0.783. The van der Waals surface area contributed by atoms with Gasteiger partial charge in [0.25, 0.3) is 0 Å². The molecule has 106 valence electrons. The molecule has 0 aliphatic rings. The van der Waals surface area contributed by atoms with E-state index < -0.39 is 5.82 Å². The molecule has 0 aliphatic heterocycles. The molecular formula is C16H14FN3O. The van der Waals surface area contributed by atoms with E-state index in [0.29, 0.717) is 17.1 Å². The molecule has 5 heteroatoms. The van der Waals surface area contributed by atoms with E-state index >= 15 is 0 Å². The summed E-state index contributed by atoms with van der Waals surface area (Å²) >= 11 is 0. The molecule has 3 rings (SSSR count). The van der Waals surface area contributed by atoms with Crippen LogP contribution in [0.3, 0.4) is 0 Å². The Kier molecular flexibility index (Phi) is 3.17. The van der Waals surface area contributed by atoms with Crippen LogP contribution in [0, 0.1) is 12.7 Å². The first kappa shape index (κ1) is 13.3. The van der Waals surface area contributed by atoms with Crippen molar-refractivity contribution in [3.05, 3.63) is 48.0 Å². The van der Waals surface area contributed by atoms with E-state index in [1.807, 2.05) is 13.0 Å². The van der Waals surface area contributed by atoms with Gasteiger partial charge in [-0.05, 0) is 31.2 Å². The van der Waals surface area contributed by atoms with E-state index in [1.54, 1.807) is 30.5 Å². The van der Waals surface area contributed by atoms with Crippen LogP contribution in [-0.2, 0) is 0 Å². The number of benzene rings is 1. The van der Waals surface area contributed by atoms with E-state index in [4.69, 9.17) is 10.5 Å². The number of nitrogen functional groups attached to an aromatic ring is 1. The number of hydrogen-bond donors (Lipinski definition) is 1. The number of anilines is 1. The van der Waals surface area contributed by atoms with Gasteiger partial charge in [0.15, 0.2) is 11.6 Å². The zero-order chi connectivity index (χ0) is 15.0. The fourth-order valence-corrected chi connectivity index (χ4v) is 2.28. The molecule has 0 spiro atoms. The summed E-state index contributed by atoms with van der Waals surface area (Å²) < 4.78 is 19.3. The van der Waals surface area contributed by atoms with Gasteiger partial charge >= 0.3 is 0 Å². The van der Waals surface area contributed by atoms with Crippen LogP contribution >= 0.6 is 0 Å². The molecule has 0 atom stereocenters. The minimum atomic E-state index is -0.452. The van der Waals surface area contributed by atoms with E-state index in [2.05, 4.69) is 9.97 Å². The number of ether oxygens (including phenoxy) is 1. The smallest absolute Gasteiger partial charge is 0.174 e. The van der Waals surface area contributed by atoms with Gasteiger partial charge in [-0.2, -0.15) is 0 Å². The molecule has 2 heterocycles.